The second-order valence-corrected chi connectivity index (χ2v) is 5.34. The van der Waals surface area contributed by atoms with E-state index in [0.717, 1.165) is 24.4 Å². The van der Waals surface area contributed by atoms with Gasteiger partial charge in [-0.15, -0.1) is 0 Å². The zero-order valence-electron chi connectivity index (χ0n) is 10.3. The SMILES string of the molecule is c1ccc(CCn2nc3c(n2)[C@@H]2O[C@@H]2[C@H]2O[C@@H]32)cc1. The Hall–Kier alpha value is -1.72. The van der Waals surface area contributed by atoms with Gasteiger partial charge in [-0.1, -0.05) is 30.3 Å². The fourth-order valence-corrected chi connectivity index (χ4v) is 2.94. The Morgan fingerprint density at radius 3 is 2.21 bits per heavy atom. The summed E-state index contributed by atoms with van der Waals surface area (Å²) in [5, 5.41) is 9.13. The molecule has 2 aliphatic heterocycles. The highest BCUT2D eigenvalue weighted by atomic mass is 16.7. The molecule has 5 rings (SSSR count). The number of epoxide rings is 2. The van der Waals surface area contributed by atoms with Crippen molar-refractivity contribution in [2.75, 3.05) is 0 Å². The number of nitrogens with zero attached hydrogens (tertiary/aromatic N) is 3. The lowest BCUT2D eigenvalue weighted by Gasteiger charge is -2.00. The number of hydrogen-bond acceptors (Lipinski definition) is 4. The maximum atomic E-state index is 5.59. The van der Waals surface area contributed by atoms with Crippen molar-refractivity contribution in [3.63, 3.8) is 0 Å². The number of benzene rings is 1. The van der Waals surface area contributed by atoms with Gasteiger partial charge in [0.2, 0.25) is 0 Å². The Morgan fingerprint density at radius 2 is 1.58 bits per heavy atom. The second-order valence-electron chi connectivity index (χ2n) is 5.34. The highest BCUT2D eigenvalue weighted by Crippen LogP contribution is 2.59. The third kappa shape index (κ3) is 1.49. The first-order valence-electron chi connectivity index (χ1n) is 6.70. The minimum atomic E-state index is 0.143. The molecule has 0 amide bonds. The van der Waals surface area contributed by atoms with Crippen LogP contribution in [0.15, 0.2) is 30.3 Å². The molecule has 2 aromatic rings. The van der Waals surface area contributed by atoms with Crippen LogP contribution in [-0.2, 0) is 22.4 Å². The van der Waals surface area contributed by atoms with Gasteiger partial charge in [-0.05, 0) is 12.0 Å². The van der Waals surface area contributed by atoms with E-state index in [2.05, 4.69) is 34.5 Å². The van der Waals surface area contributed by atoms with Crippen LogP contribution in [0.1, 0.15) is 29.2 Å². The summed E-state index contributed by atoms with van der Waals surface area (Å²) in [5.41, 5.74) is 3.30. The third-order valence-corrected chi connectivity index (χ3v) is 4.07. The van der Waals surface area contributed by atoms with Crippen molar-refractivity contribution in [3.05, 3.63) is 47.3 Å². The third-order valence-electron chi connectivity index (χ3n) is 4.07. The molecule has 5 nitrogen and oxygen atoms in total. The molecule has 1 aromatic carbocycles. The van der Waals surface area contributed by atoms with E-state index in [1.54, 1.807) is 4.80 Å². The van der Waals surface area contributed by atoms with Crippen LogP contribution < -0.4 is 0 Å². The molecule has 1 aromatic heterocycles. The van der Waals surface area contributed by atoms with Crippen molar-refractivity contribution in [1.29, 1.82) is 0 Å². The van der Waals surface area contributed by atoms with Crippen LogP contribution in [0.3, 0.4) is 0 Å². The lowest BCUT2D eigenvalue weighted by Crippen LogP contribution is -2.07. The Balaban J connectivity index is 1.38. The molecule has 2 fully saturated rings. The average molecular weight is 255 g/mol. The van der Waals surface area contributed by atoms with Gasteiger partial charge in [0.25, 0.3) is 0 Å². The number of aryl methyl sites for hydroxylation is 2. The first-order chi connectivity index (χ1) is 9.40. The summed E-state index contributed by atoms with van der Waals surface area (Å²) < 4.78 is 11.2. The lowest BCUT2D eigenvalue weighted by atomic mass is 10.0. The fourth-order valence-electron chi connectivity index (χ4n) is 2.94. The molecule has 4 atom stereocenters. The Labute approximate surface area is 110 Å². The molecule has 0 spiro atoms. The molecule has 2 saturated heterocycles. The smallest absolute Gasteiger partial charge is 0.133 e. The van der Waals surface area contributed by atoms with E-state index in [-0.39, 0.29) is 24.4 Å². The van der Waals surface area contributed by atoms with Gasteiger partial charge < -0.3 is 9.47 Å². The maximum absolute atomic E-state index is 5.59. The van der Waals surface area contributed by atoms with Crippen LogP contribution in [0, 0.1) is 0 Å². The van der Waals surface area contributed by atoms with Crippen molar-refractivity contribution in [3.8, 4) is 0 Å². The molecule has 19 heavy (non-hydrogen) atoms. The number of fused-ring (bicyclic) bond motifs is 6. The number of aromatic nitrogens is 3. The van der Waals surface area contributed by atoms with Gasteiger partial charge in [0.05, 0.1) is 6.54 Å². The van der Waals surface area contributed by atoms with E-state index in [1.807, 2.05) is 6.07 Å². The molecule has 3 aliphatic rings. The fraction of sp³-hybridized carbons (Fsp3) is 0.429. The zero-order chi connectivity index (χ0) is 12.4. The Bertz CT molecular complexity index is 606. The highest BCUT2D eigenvalue weighted by molar-refractivity contribution is 5.32. The first-order valence-corrected chi connectivity index (χ1v) is 6.70. The van der Waals surface area contributed by atoms with E-state index in [9.17, 15) is 0 Å². The minimum absolute atomic E-state index is 0.143. The van der Waals surface area contributed by atoms with Gasteiger partial charge >= 0.3 is 0 Å². The molecule has 5 heteroatoms. The van der Waals surface area contributed by atoms with Gasteiger partial charge in [-0.3, -0.25) is 0 Å². The van der Waals surface area contributed by atoms with Crippen molar-refractivity contribution >= 4 is 0 Å². The summed E-state index contributed by atoms with van der Waals surface area (Å²) in [4.78, 5) is 1.79. The standard InChI is InChI=1S/C14H13N3O2/c1-2-4-8(5-3-1)6-7-17-15-9-10(16-17)12-14(19-12)13-11(9)18-13/h1-5,11-14H,6-7H2/t11-,12-,13-,14-/m0/s1. The normalized spacial score (nSPS) is 33.3. The van der Waals surface area contributed by atoms with Crippen LogP contribution in [0.5, 0.6) is 0 Å². The van der Waals surface area contributed by atoms with Gasteiger partial charge in [0, 0.05) is 0 Å². The molecule has 0 saturated carbocycles. The number of rotatable bonds is 3. The summed E-state index contributed by atoms with van der Waals surface area (Å²) in [6.45, 7) is 0.797. The summed E-state index contributed by atoms with van der Waals surface area (Å²) in [5.74, 6) is 0. The summed E-state index contributed by atoms with van der Waals surface area (Å²) in [6, 6.07) is 10.4. The minimum Gasteiger partial charge on any atom is -0.360 e. The van der Waals surface area contributed by atoms with Gasteiger partial charge in [0.15, 0.2) is 0 Å². The van der Waals surface area contributed by atoms with E-state index in [0.29, 0.717) is 0 Å². The van der Waals surface area contributed by atoms with E-state index in [4.69, 9.17) is 9.47 Å². The van der Waals surface area contributed by atoms with Crippen LogP contribution in [-0.4, -0.2) is 27.2 Å². The zero-order valence-corrected chi connectivity index (χ0v) is 10.3. The molecular weight excluding hydrogens is 242 g/mol. The van der Waals surface area contributed by atoms with E-state index >= 15 is 0 Å². The quantitative estimate of drug-likeness (QED) is 0.778. The second kappa shape index (κ2) is 3.43. The maximum Gasteiger partial charge on any atom is 0.133 e. The molecule has 0 N–H and O–H groups in total. The average Bonchev–Trinajstić information content (AvgIpc) is 3.34. The first kappa shape index (κ1) is 10.1. The van der Waals surface area contributed by atoms with E-state index < -0.39 is 0 Å². The molecule has 0 radical (unpaired) electrons. The van der Waals surface area contributed by atoms with Crippen LogP contribution in [0.4, 0.5) is 0 Å². The van der Waals surface area contributed by atoms with Crippen molar-refractivity contribution in [2.24, 2.45) is 0 Å². The molecule has 0 unspecified atom stereocenters. The molecule has 3 heterocycles. The summed E-state index contributed by atoms with van der Waals surface area (Å²) in [7, 11) is 0. The van der Waals surface area contributed by atoms with E-state index in [1.165, 1.54) is 5.56 Å². The van der Waals surface area contributed by atoms with Gasteiger partial charge in [-0.25, -0.2) is 0 Å². The topological polar surface area (TPSA) is 55.8 Å². The lowest BCUT2D eigenvalue weighted by molar-refractivity contribution is 0.303. The summed E-state index contributed by atoms with van der Waals surface area (Å²) in [6.07, 6.45) is 1.72. The Morgan fingerprint density at radius 1 is 0.947 bits per heavy atom. The van der Waals surface area contributed by atoms with Gasteiger partial charge in [0.1, 0.15) is 35.8 Å². The van der Waals surface area contributed by atoms with Crippen molar-refractivity contribution in [2.45, 2.75) is 37.4 Å². The number of hydrogen-bond donors (Lipinski definition) is 0. The van der Waals surface area contributed by atoms with Crippen LogP contribution >= 0.6 is 0 Å². The van der Waals surface area contributed by atoms with Crippen molar-refractivity contribution < 1.29 is 9.47 Å². The highest BCUT2D eigenvalue weighted by Gasteiger charge is 2.66. The molecular formula is C14H13N3O2. The predicted molar refractivity (Wildman–Crippen MR) is 65.4 cm³/mol. The summed E-state index contributed by atoms with van der Waals surface area (Å²) >= 11 is 0. The molecule has 1 aliphatic carbocycles. The molecule has 96 valence electrons. The largest absolute Gasteiger partial charge is 0.360 e. The molecule has 0 bridgehead atoms. The van der Waals surface area contributed by atoms with Crippen LogP contribution in [0.2, 0.25) is 0 Å². The predicted octanol–water partition coefficient (Wildman–Crippen LogP) is 1.41. The van der Waals surface area contributed by atoms with Crippen LogP contribution in [0.25, 0.3) is 0 Å². The monoisotopic (exact) mass is 255 g/mol. The number of ether oxygens (including phenoxy) is 2. The van der Waals surface area contributed by atoms with Gasteiger partial charge in [-0.2, -0.15) is 15.0 Å². The van der Waals surface area contributed by atoms with Crippen molar-refractivity contribution in [1.82, 2.24) is 15.0 Å². The Kier molecular flexibility index (Phi) is 1.83.